The monoisotopic (exact) mass is 169 g/mol. The topological polar surface area (TPSA) is 43.4 Å². The summed E-state index contributed by atoms with van der Waals surface area (Å²) in [6.07, 6.45) is 0.359. The highest BCUT2D eigenvalue weighted by Crippen LogP contribution is 2.36. The maximum Gasteiger partial charge on any atom is 0.319 e. The molecular weight excluding hydrogens is 156 g/mol. The van der Waals surface area contributed by atoms with E-state index in [1.807, 2.05) is 0 Å². The summed E-state index contributed by atoms with van der Waals surface area (Å²) in [5.74, 6) is -0.739. The average molecular weight is 169 g/mol. The zero-order valence-electron chi connectivity index (χ0n) is 7.42. The second-order valence-corrected chi connectivity index (χ2v) is 3.27. The molecule has 3 nitrogen and oxygen atoms in total. The molecular formula is C9H13O3. The summed E-state index contributed by atoms with van der Waals surface area (Å²) in [7, 11) is 0. The molecule has 0 saturated carbocycles. The van der Waals surface area contributed by atoms with Crippen LogP contribution in [-0.2, 0) is 14.3 Å². The first-order chi connectivity index (χ1) is 5.53. The number of hydrogen-bond donors (Lipinski definition) is 0. The first-order valence-corrected chi connectivity index (χ1v) is 4.07. The van der Waals surface area contributed by atoms with Crippen molar-refractivity contribution in [2.45, 2.75) is 20.3 Å². The van der Waals surface area contributed by atoms with E-state index in [4.69, 9.17) is 4.74 Å². The molecule has 1 aliphatic heterocycles. The summed E-state index contributed by atoms with van der Waals surface area (Å²) in [5, 5.41) is 0. The fraction of sp³-hybridized carbons (Fsp3) is 0.667. The highest BCUT2D eigenvalue weighted by molar-refractivity contribution is 6.04. The Morgan fingerprint density at radius 2 is 2.42 bits per heavy atom. The molecule has 2 atom stereocenters. The van der Waals surface area contributed by atoms with Crippen molar-refractivity contribution in [1.82, 2.24) is 0 Å². The minimum absolute atomic E-state index is 0.0787. The lowest BCUT2D eigenvalue weighted by Gasteiger charge is -2.20. The summed E-state index contributed by atoms with van der Waals surface area (Å²) in [4.78, 5) is 22.6. The van der Waals surface area contributed by atoms with Gasteiger partial charge in [0, 0.05) is 12.3 Å². The summed E-state index contributed by atoms with van der Waals surface area (Å²) in [5.41, 5.74) is -0.991. The Labute approximate surface area is 72.1 Å². The summed E-state index contributed by atoms with van der Waals surface area (Å²) in [6.45, 7) is 7.37. The van der Waals surface area contributed by atoms with Crippen LogP contribution in [0.3, 0.4) is 0 Å². The Bertz CT molecular complexity index is 222. The van der Waals surface area contributed by atoms with E-state index in [1.54, 1.807) is 13.8 Å². The Kier molecular flexibility index (Phi) is 2.22. The van der Waals surface area contributed by atoms with Gasteiger partial charge in [-0.3, -0.25) is 9.59 Å². The first-order valence-electron chi connectivity index (χ1n) is 4.07. The van der Waals surface area contributed by atoms with E-state index < -0.39 is 11.4 Å². The van der Waals surface area contributed by atoms with Crippen molar-refractivity contribution in [2.75, 3.05) is 6.61 Å². The molecule has 0 unspecified atom stereocenters. The number of carbonyl (C=O) groups is 2. The molecule has 1 saturated heterocycles. The van der Waals surface area contributed by atoms with Crippen LogP contribution in [0.25, 0.3) is 0 Å². The third-order valence-corrected chi connectivity index (χ3v) is 2.56. The smallest absolute Gasteiger partial charge is 0.319 e. The van der Waals surface area contributed by atoms with Gasteiger partial charge in [0.15, 0.2) is 0 Å². The Morgan fingerprint density at radius 1 is 1.83 bits per heavy atom. The van der Waals surface area contributed by atoms with Gasteiger partial charge >= 0.3 is 5.97 Å². The van der Waals surface area contributed by atoms with Crippen LogP contribution in [-0.4, -0.2) is 18.4 Å². The van der Waals surface area contributed by atoms with Crippen molar-refractivity contribution in [3.05, 3.63) is 6.92 Å². The molecule has 0 spiro atoms. The average Bonchev–Trinajstić information content (AvgIpc) is 2.32. The van der Waals surface area contributed by atoms with Crippen molar-refractivity contribution in [2.24, 2.45) is 11.3 Å². The molecule has 1 aliphatic rings. The van der Waals surface area contributed by atoms with Crippen LogP contribution < -0.4 is 0 Å². The number of hydrogen-bond acceptors (Lipinski definition) is 3. The molecule has 0 aromatic carbocycles. The van der Waals surface area contributed by atoms with Gasteiger partial charge in [-0.15, -0.1) is 0 Å². The predicted molar refractivity (Wildman–Crippen MR) is 43.2 cm³/mol. The largest absolute Gasteiger partial charge is 0.465 e. The van der Waals surface area contributed by atoms with E-state index in [-0.39, 0.29) is 18.3 Å². The molecule has 3 heteroatoms. The molecule has 1 rings (SSSR count). The van der Waals surface area contributed by atoms with E-state index in [1.165, 1.54) is 0 Å². The summed E-state index contributed by atoms with van der Waals surface area (Å²) in [6, 6.07) is 0. The molecule has 67 valence electrons. The van der Waals surface area contributed by atoms with Crippen LogP contribution >= 0.6 is 0 Å². The normalized spacial score (nSPS) is 34.9. The quantitative estimate of drug-likeness (QED) is 0.457. The van der Waals surface area contributed by atoms with Crippen LogP contribution in [0.4, 0.5) is 0 Å². The lowest BCUT2D eigenvalue weighted by Crippen LogP contribution is -2.37. The van der Waals surface area contributed by atoms with Crippen LogP contribution in [0.1, 0.15) is 20.3 Å². The Balaban J connectivity index is 2.94. The summed E-state index contributed by atoms with van der Waals surface area (Å²) < 4.78 is 4.78. The fourth-order valence-electron chi connectivity index (χ4n) is 1.37. The minimum Gasteiger partial charge on any atom is -0.465 e. The van der Waals surface area contributed by atoms with Gasteiger partial charge in [-0.25, -0.2) is 0 Å². The van der Waals surface area contributed by atoms with Gasteiger partial charge < -0.3 is 4.74 Å². The molecule has 0 aliphatic carbocycles. The molecule has 0 aromatic heterocycles. The highest BCUT2D eigenvalue weighted by atomic mass is 16.5. The number of esters is 1. The van der Waals surface area contributed by atoms with E-state index in [9.17, 15) is 9.59 Å². The van der Waals surface area contributed by atoms with Crippen LogP contribution in [0.5, 0.6) is 0 Å². The van der Waals surface area contributed by atoms with E-state index >= 15 is 0 Å². The maximum atomic E-state index is 11.4. The van der Waals surface area contributed by atoms with Gasteiger partial charge in [0.1, 0.15) is 11.2 Å². The van der Waals surface area contributed by atoms with E-state index in [2.05, 4.69) is 6.92 Å². The SMILES string of the molecule is [CH2][C@@H]1COC(=O)[C@]1(C)C(=O)CC. The van der Waals surface area contributed by atoms with Gasteiger partial charge in [0.2, 0.25) is 0 Å². The zero-order chi connectivity index (χ0) is 9.35. The molecule has 0 aromatic rings. The second kappa shape index (κ2) is 2.88. The molecule has 1 radical (unpaired) electrons. The number of carbonyl (C=O) groups excluding carboxylic acids is 2. The van der Waals surface area contributed by atoms with Crippen LogP contribution in [0.15, 0.2) is 0 Å². The molecule has 1 heterocycles. The van der Waals surface area contributed by atoms with Gasteiger partial charge in [-0.2, -0.15) is 0 Å². The fourth-order valence-corrected chi connectivity index (χ4v) is 1.37. The van der Waals surface area contributed by atoms with Gasteiger partial charge in [0.25, 0.3) is 0 Å². The summed E-state index contributed by atoms with van der Waals surface area (Å²) >= 11 is 0. The van der Waals surface area contributed by atoms with Gasteiger partial charge in [0.05, 0.1) is 6.61 Å². The molecule has 1 fully saturated rings. The lowest BCUT2D eigenvalue weighted by atomic mass is 9.76. The molecule has 0 bridgehead atoms. The lowest BCUT2D eigenvalue weighted by molar-refractivity contribution is -0.150. The molecule has 12 heavy (non-hydrogen) atoms. The maximum absolute atomic E-state index is 11.4. The highest BCUT2D eigenvalue weighted by Gasteiger charge is 2.50. The predicted octanol–water partition coefficient (Wildman–Crippen LogP) is 0.979. The van der Waals surface area contributed by atoms with Crippen LogP contribution in [0.2, 0.25) is 0 Å². The van der Waals surface area contributed by atoms with Crippen molar-refractivity contribution < 1.29 is 14.3 Å². The third-order valence-electron chi connectivity index (χ3n) is 2.56. The molecule has 0 N–H and O–H groups in total. The van der Waals surface area contributed by atoms with Gasteiger partial charge in [-0.05, 0) is 13.8 Å². The number of Topliss-reactive ketones (excluding diaryl/α,β-unsaturated/α-hetero) is 1. The van der Waals surface area contributed by atoms with Gasteiger partial charge in [-0.1, -0.05) is 6.92 Å². The number of cyclic esters (lactones) is 1. The number of rotatable bonds is 2. The number of ketones is 1. The van der Waals surface area contributed by atoms with Crippen LogP contribution in [0, 0.1) is 18.3 Å². The van der Waals surface area contributed by atoms with Crippen molar-refractivity contribution >= 4 is 11.8 Å². The van der Waals surface area contributed by atoms with Crippen molar-refractivity contribution in [1.29, 1.82) is 0 Å². The zero-order valence-corrected chi connectivity index (χ0v) is 7.42. The van der Waals surface area contributed by atoms with E-state index in [0.717, 1.165) is 0 Å². The standard InChI is InChI=1S/C9H13O3/c1-4-7(10)9(3)6(2)5-12-8(9)11/h6H,2,4-5H2,1,3H3/t6-,9+/m1/s1. The first kappa shape index (κ1) is 9.23. The Morgan fingerprint density at radius 3 is 2.75 bits per heavy atom. The Hall–Kier alpha value is -0.860. The van der Waals surface area contributed by atoms with Crippen molar-refractivity contribution in [3.8, 4) is 0 Å². The van der Waals surface area contributed by atoms with Crippen molar-refractivity contribution in [3.63, 3.8) is 0 Å². The van der Waals surface area contributed by atoms with E-state index in [0.29, 0.717) is 6.42 Å². The molecule has 0 amide bonds. The number of ether oxygens (including phenoxy) is 1. The second-order valence-electron chi connectivity index (χ2n) is 3.27. The minimum atomic E-state index is -0.991. The third kappa shape index (κ3) is 1.04.